The summed E-state index contributed by atoms with van der Waals surface area (Å²) in [6.07, 6.45) is 4.17. The van der Waals surface area contributed by atoms with Gasteiger partial charge in [0.2, 0.25) is 11.8 Å². The van der Waals surface area contributed by atoms with E-state index < -0.39 is 5.91 Å². The smallest absolute Gasteiger partial charge is 0.288 e. The van der Waals surface area contributed by atoms with Gasteiger partial charge in [-0.2, -0.15) is 0 Å². The van der Waals surface area contributed by atoms with Crippen molar-refractivity contribution in [1.82, 2.24) is 25.3 Å². The Labute approximate surface area is 155 Å². The molecule has 9 heteroatoms. The number of benzene rings is 1. The Hall–Kier alpha value is -3.23. The van der Waals surface area contributed by atoms with Gasteiger partial charge >= 0.3 is 0 Å². The second-order valence-corrected chi connectivity index (χ2v) is 6.37. The molecule has 0 aliphatic carbocycles. The number of nitrogens with one attached hydrogen (secondary N) is 2. The van der Waals surface area contributed by atoms with Crippen LogP contribution in [0.4, 0.5) is 4.39 Å². The van der Waals surface area contributed by atoms with Gasteiger partial charge in [0.1, 0.15) is 11.5 Å². The topological polar surface area (TPSA) is 96.3 Å². The van der Waals surface area contributed by atoms with E-state index >= 15 is 0 Å². The molecule has 142 valence electrons. The van der Waals surface area contributed by atoms with Gasteiger partial charge in [-0.15, -0.1) is 0 Å². The van der Waals surface area contributed by atoms with Crippen molar-refractivity contribution < 1.29 is 18.8 Å². The molecule has 0 bridgehead atoms. The number of aromatic nitrogens is 2. The van der Waals surface area contributed by atoms with Gasteiger partial charge in [-0.3, -0.25) is 29.8 Å². The second kappa shape index (κ2) is 7.98. The van der Waals surface area contributed by atoms with E-state index in [1.807, 2.05) is 0 Å². The number of piperidine rings is 1. The number of halogens is 1. The van der Waals surface area contributed by atoms with E-state index in [-0.39, 0.29) is 29.2 Å². The van der Waals surface area contributed by atoms with E-state index in [9.17, 15) is 18.8 Å². The Morgan fingerprint density at radius 1 is 1.19 bits per heavy atom. The van der Waals surface area contributed by atoms with Crippen LogP contribution < -0.4 is 10.9 Å². The van der Waals surface area contributed by atoms with Crippen LogP contribution in [0, 0.1) is 11.7 Å². The number of hydrogen-bond donors (Lipinski definition) is 2. The maximum Gasteiger partial charge on any atom is 0.288 e. The standard InChI is InChI=1S/C18H20FN5O3/c1-12(25)23-8-2-3-13(10-23)17(26)21-22-18(27)16-9-20-11-24(16)15-6-4-14(19)5-7-15/h4-7,9,11,13H,2-3,8,10H2,1H3,(H,21,26)(H,22,27)/t13-/m0/s1. The Bertz CT molecular complexity index is 849. The van der Waals surface area contributed by atoms with E-state index in [1.165, 1.54) is 48.3 Å². The van der Waals surface area contributed by atoms with Gasteiger partial charge in [-0.1, -0.05) is 0 Å². The van der Waals surface area contributed by atoms with Gasteiger partial charge in [0.25, 0.3) is 5.91 Å². The summed E-state index contributed by atoms with van der Waals surface area (Å²) in [4.78, 5) is 41.7. The van der Waals surface area contributed by atoms with Crippen LogP contribution in [0.25, 0.3) is 5.69 Å². The summed E-state index contributed by atoms with van der Waals surface area (Å²) in [6, 6.07) is 5.60. The van der Waals surface area contributed by atoms with Gasteiger partial charge in [0.05, 0.1) is 18.4 Å². The Balaban J connectivity index is 1.62. The van der Waals surface area contributed by atoms with Crippen LogP contribution in [0.1, 0.15) is 30.3 Å². The quantitative estimate of drug-likeness (QED) is 0.786. The molecule has 0 radical (unpaired) electrons. The van der Waals surface area contributed by atoms with Crippen molar-refractivity contribution >= 4 is 17.7 Å². The van der Waals surface area contributed by atoms with Crippen LogP contribution in [0.5, 0.6) is 0 Å². The van der Waals surface area contributed by atoms with Crippen LogP contribution in [0.3, 0.4) is 0 Å². The minimum Gasteiger partial charge on any atom is -0.342 e. The van der Waals surface area contributed by atoms with Crippen molar-refractivity contribution in [3.63, 3.8) is 0 Å². The lowest BCUT2D eigenvalue weighted by Crippen LogP contribution is -2.49. The molecule has 3 rings (SSSR count). The fourth-order valence-corrected chi connectivity index (χ4v) is 3.03. The molecule has 8 nitrogen and oxygen atoms in total. The van der Waals surface area contributed by atoms with Crippen LogP contribution >= 0.6 is 0 Å². The summed E-state index contributed by atoms with van der Waals surface area (Å²) in [5.41, 5.74) is 5.54. The Morgan fingerprint density at radius 2 is 1.93 bits per heavy atom. The third-order valence-electron chi connectivity index (χ3n) is 4.51. The molecule has 3 amide bonds. The predicted molar refractivity (Wildman–Crippen MR) is 94.1 cm³/mol. The third-order valence-corrected chi connectivity index (χ3v) is 4.51. The normalized spacial score (nSPS) is 16.7. The SMILES string of the molecule is CC(=O)N1CCC[C@H](C(=O)NNC(=O)c2cncn2-c2ccc(F)cc2)C1. The number of likely N-dealkylation sites (tertiary alicyclic amines) is 1. The first-order chi connectivity index (χ1) is 13.0. The number of carbonyl (C=O) groups excluding carboxylic acids is 3. The zero-order valence-corrected chi connectivity index (χ0v) is 14.8. The summed E-state index contributed by atoms with van der Waals surface area (Å²) >= 11 is 0. The predicted octanol–water partition coefficient (Wildman–Crippen LogP) is 1.03. The number of amides is 3. The molecule has 1 aromatic carbocycles. The number of hydrogen-bond acceptors (Lipinski definition) is 4. The van der Waals surface area contributed by atoms with Crippen LogP contribution in [-0.2, 0) is 9.59 Å². The minimum absolute atomic E-state index is 0.0697. The molecule has 1 saturated heterocycles. The van der Waals surface area contributed by atoms with Gasteiger partial charge in [-0.05, 0) is 37.1 Å². The fraction of sp³-hybridized carbons (Fsp3) is 0.333. The van der Waals surface area contributed by atoms with Crippen LogP contribution in [0.2, 0.25) is 0 Å². The highest BCUT2D eigenvalue weighted by Gasteiger charge is 2.27. The van der Waals surface area contributed by atoms with E-state index in [0.717, 1.165) is 6.42 Å². The van der Waals surface area contributed by atoms with Crippen molar-refractivity contribution in [2.45, 2.75) is 19.8 Å². The minimum atomic E-state index is -0.551. The Morgan fingerprint density at radius 3 is 2.63 bits per heavy atom. The van der Waals surface area contributed by atoms with E-state index in [1.54, 1.807) is 4.90 Å². The molecule has 1 atom stereocenters. The van der Waals surface area contributed by atoms with Gasteiger partial charge in [0, 0.05) is 25.7 Å². The maximum atomic E-state index is 13.1. The molecule has 27 heavy (non-hydrogen) atoms. The molecule has 2 heterocycles. The van der Waals surface area contributed by atoms with Crippen molar-refractivity contribution in [1.29, 1.82) is 0 Å². The van der Waals surface area contributed by atoms with Gasteiger partial charge < -0.3 is 4.90 Å². The largest absolute Gasteiger partial charge is 0.342 e. The lowest BCUT2D eigenvalue weighted by molar-refractivity contribution is -0.134. The van der Waals surface area contributed by atoms with Gasteiger partial charge in [-0.25, -0.2) is 9.37 Å². The van der Waals surface area contributed by atoms with Crippen molar-refractivity contribution in [3.05, 3.63) is 48.3 Å². The maximum absolute atomic E-state index is 13.1. The third kappa shape index (κ3) is 4.30. The van der Waals surface area contributed by atoms with Crippen molar-refractivity contribution in [3.8, 4) is 5.69 Å². The molecule has 0 spiro atoms. The molecule has 1 aliphatic heterocycles. The molecule has 1 fully saturated rings. The average molecular weight is 373 g/mol. The summed E-state index contributed by atoms with van der Waals surface area (Å²) in [5, 5.41) is 0. The van der Waals surface area contributed by atoms with E-state index in [2.05, 4.69) is 15.8 Å². The highest BCUT2D eigenvalue weighted by molar-refractivity contribution is 5.94. The second-order valence-electron chi connectivity index (χ2n) is 6.37. The number of rotatable bonds is 3. The lowest BCUT2D eigenvalue weighted by Gasteiger charge is -2.31. The first-order valence-corrected chi connectivity index (χ1v) is 8.59. The molecule has 0 unspecified atom stereocenters. The summed E-state index contributed by atoms with van der Waals surface area (Å²) in [6.45, 7) is 2.45. The zero-order valence-electron chi connectivity index (χ0n) is 14.8. The van der Waals surface area contributed by atoms with E-state index in [0.29, 0.717) is 25.2 Å². The molecule has 0 saturated carbocycles. The number of hydrazine groups is 1. The molecule has 2 aromatic rings. The van der Waals surface area contributed by atoms with Gasteiger partial charge in [0.15, 0.2) is 0 Å². The molecule has 1 aliphatic rings. The fourth-order valence-electron chi connectivity index (χ4n) is 3.03. The van der Waals surface area contributed by atoms with Crippen LogP contribution in [0.15, 0.2) is 36.8 Å². The monoisotopic (exact) mass is 373 g/mol. The molecule has 1 aromatic heterocycles. The van der Waals surface area contributed by atoms with Crippen molar-refractivity contribution in [2.24, 2.45) is 5.92 Å². The summed E-state index contributed by atoms with van der Waals surface area (Å²) in [5.74, 6) is -1.72. The Kier molecular flexibility index (Phi) is 5.49. The van der Waals surface area contributed by atoms with Crippen molar-refractivity contribution in [2.75, 3.05) is 13.1 Å². The number of nitrogens with zero attached hydrogens (tertiary/aromatic N) is 3. The lowest BCUT2D eigenvalue weighted by atomic mass is 9.97. The summed E-state index contributed by atoms with van der Waals surface area (Å²) < 4.78 is 14.6. The van der Waals surface area contributed by atoms with E-state index in [4.69, 9.17) is 0 Å². The first-order valence-electron chi connectivity index (χ1n) is 8.59. The number of imidazole rings is 1. The van der Waals surface area contributed by atoms with Crippen LogP contribution in [-0.4, -0.2) is 45.3 Å². The number of carbonyl (C=O) groups is 3. The molecule has 2 N–H and O–H groups in total. The molecular weight excluding hydrogens is 353 g/mol. The first kappa shape index (κ1) is 18.6. The highest BCUT2D eigenvalue weighted by atomic mass is 19.1. The molecular formula is C18H20FN5O3. The summed E-state index contributed by atoms with van der Waals surface area (Å²) in [7, 11) is 0. The highest BCUT2D eigenvalue weighted by Crippen LogP contribution is 2.16. The zero-order chi connectivity index (χ0) is 19.4. The average Bonchev–Trinajstić information content (AvgIpc) is 3.16.